The molecule has 0 aromatic heterocycles. The first-order valence-corrected chi connectivity index (χ1v) is 8.56. The molecular formula is C20H23FN2O2. The van der Waals surface area contributed by atoms with Crippen LogP contribution < -0.4 is 15.4 Å². The van der Waals surface area contributed by atoms with Gasteiger partial charge in [0.1, 0.15) is 11.6 Å². The van der Waals surface area contributed by atoms with Crippen molar-refractivity contribution >= 4 is 11.6 Å². The van der Waals surface area contributed by atoms with Gasteiger partial charge < -0.3 is 15.4 Å². The van der Waals surface area contributed by atoms with Crippen molar-refractivity contribution in [1.29, 1.82) is 0 Å². The number of hydrogen-bond donors (Lipinski definition) is 2. The third-order valence-electron chi connectivity index (χ3n) is 4.62. The molecule has 0 fully saturated rings. The number of rotatable bonds is 5. The number of anilines is 1. The van der Waals surface area contributed by atoms with Gasteiger partial charge in [-0.3, -0.25) is 4.79 Å². The van der Waals surface area contributed by atoms with Gasteiger partial charge in [0.25, 0.3) is 0 Å². The minimum absolute atomic E-state index is 0.172. The first-order chi connectivity index (χ1) is 12.1. The topological polar surface area (TPSA) is 50.4 Å². The number of ether oxygens (including phenoxy) is 1. The van der Waals surface area contributed by atoms with E-state index in [0.29, 0.717) is 18.5 Å². The van der Waals surface area contributed by atoms with Crippen LogP contribution in [-0.4, -0.2) is 19.1 Å². The van der Waals surface area contributed by atoms with Gasteiger partial charge in [-0.05, 0) is 61.2 Å². The lowest BCUT2D eigenvalue weighted by atomic mass is 9.99. The largest absolute Gasteiger partial charge is 0.493 e. The summed E-state index contributed by atoms with van der Waals surface area (Å²) >= 11 is 0. The highest BCUT2D eigenvalue weighted by Crippen LogP contribution is 2.25. The molecule has 0 saturated heterocycles. The van der Waals surface area contributed by atoms with E-state index in [1.807, 2.05) is 38.1 Å². The molecule has 0 unspecified atom stereocenters. The Morgan fingerprint density at radius 2 is 2.12 bits per heavy atom. The van der Waals surface area contributed by atoms with E-state index in [2.05, 4.69) is 10.6 Å². The maximum atomic E-state index is 14.5. The van der Waals surface area contributed by atoms with Crippen molar-refractivity contribution in [1.82, 2.24) is 5.32 Å². The molecule has 2 aromatic carbocycles. The highest BCUT2D eigenvalue weighted by Gasteiger charge is 2.17. The van der Waals surface area contributed by atoms with E-state index in [9.17, 15) is 9.18 Å². The molecule has 0 bridgehead atoms. The molecule has 0 spiro atoms. The second-order valence-electron chi connectivity index (χ2n) is 6.34. The summed E-state index contributed by atoms with van der Waals surface area (Å²) in [6.45, 7) is 5.69. The Morgan fingerprint density at radius 3 is 2.96 bits per heavy atom. The molecule has 4 nitrogen and oxygen atoms in total. The molecule has 1 aliphatic heterocycles. The number of nitrogens with one attached hydrogen (secondary N) is 2. The molecule has 1 amide bonds. The lowest BCUT2D eigenvalue weighted by molar-refractivity contribution is -0.116. The molecule has 2 aromatic rings. The van der Waals surface area contributed by atoms with E-state index in [0.717, 1.165) is 29.0 Å². The van der Waals surface area contributed by atoms with Crippen LogP contribution in [0.3, 0.4) is 0 Å². The second-order valence-corrected chi connectivity index (χ2v) is 6.34. The molecule has 0 radical (unpaired) electrons. The van der Waals surface area contributed by atoms with Crippen molar-refractivity contribution in [3.8, 4) is 5.75 Å². The van der Waals surface area contributed by atoms with Gasteiger partial charge in [0.15, 0.2) is 0 Å². The number of fused-ring (bicyclic) bond motifs is 1. The minimum atomic E-state index is -0.317. The fraction of sp³-hybridized carbons (Fsp3) is 0.350. The number of aryl methyl sites for hydroxylation is 1. The first-order valence-electron chi connectivity index (χ1n) is 8.56. The van der Waals surface area contributed by atoms with Crippen LogP contribution in [0.25, 0.3) is 0 Å². The number of amides is 1. The Hall–Kier alpha value is -2.40. The normalized spacial score (nSPS) is 13.2. The van der Waals surface area contributed by atoms with Crippen LogP contribution in [0, 0.1) is 19.7 Å². The van der Waals surface area contributed by atoms with Crippen LogP contribution in [0.4, 0.5) is 10.1 Å². The zero-order chi connectivity index (χ0) is 17.8. The summed E-state index contributed by atoms with van der Waals surface area (Å²) in [6.07, 6.45) is 0.812. The first kappa shape index (κ1) is 17.4. The van der Waals surface area contributed by atoms with Gasteiger partial charge >= 0.3 is 0 Å². The third-order valence-corrected chi connectivity index (χ3v) is 4.62. The fourth-order valence-electron chi connectivity index (χ4n) is 2.98. The summed E-state index contributed by atoms with van der Waals surface area (Å²) in [5, 5.41) is 5.87. The van der Waals surface area contributed by atoms with E-state index in [-0.39, 0.29) is 30.4 Å². The Bertz CT molecular complexity index is 790. The van der Waals surface area contributed by atoms with Crippen LogP contribution in [0.15, 0.2) is 30.3 Å². The van der Waals surface area contributed by atoms with Gasteiger partial charge in [-0.2, -0.15) is 0 Å². The van der Waals surface area contributed by atoms with Crippen LogP contribution in [0.5, 0.6) is 5.75 Å². The molecule has 132 valence electrons. The SMILES string of the molecule is Cc1cccc(OCCC(=O)Nc2ccc3c(c2F)CCNC3)c1C. The Labute approximate surface area is 147 Å². The molecule has 0 saturated carbocycles. The smallest absolute Gasteiger partial charge is 0.227 e. The Balaban J connectivity index is 1.57. The molecular weight excluding hydrogens is 319 g/mol. The van der Waals surface area contributed by atoms with Crippen LogP contribution in [-0.2, 0) is 17.8 Å². The third kappa shape index (κ3) is 3.99. The molecule has 3 rings (SSSR count). The van der Waals surface area contributed by atoms with Gasteiger partial charge in [-0.1, -0.05) is 18.2 Å². The summed E-state index contributed by atoms with van der Waals surface area (Å²) in [6, 6.07) is 9.33. The number of benzene rings is 2. The number of carbonyl (C=O) groups excluding carboxylic acids is 1. The van der Waals surface area contributed by atoms with E-state index in [1.165, 1.54) is 0 Å². The molecule has 25 heavy (non-hydrogen) atoms. The zero-order valence-electron chi connectivity index (χ0n) is 14.6. The average Bonchev–Trinajstić information content (AvgIpc) is 2.61. The summed E-state index contributed by atoms with van der Waals surface area (Å²) in [5.74, 6) is 0.209. The molecule has 5 heteroatoms. The quantitative estimate of drug-likeness (QED) is 0.874. The summed E-state index contributed by atoms with van der Waals surface area (Å²) in [5.41, 5.74) is 4.12. The van der Waals surface area contributed by atoms with Crippen LogP contribution in [0.1, 0.15) is 28.7 Å². The van der Waals surface area contributed by atoms with Crippen molar-refractivity contribution < 1.29 is 13.9 Å². The molecule has 1 heterocycles. The van der Waals surface area contributed by atoms with Crippen LogP contribution in [0.2, 0.25) is 0 Å². The van der Waals surface area contributed by atoms with Crippen molar-refractivity contribution in [2.75, 3.05) is 18.5 Å². The monoisotopic (exact) mass is 342 g/mol. The van der Waals surface area contributed by atoms with Gasteiger partial charge in [0.2, 0.25) is 5.91 Å². The summed E-state index contributed by atoms with van der Waals surface area (Å²) < 4.78 is 20.2. The predicted octanol–water partition coefficient (Wildman–Crippen LogP) is 3.50. The maximum Gasteiger partial charge on any atom is 0.227 e. The zero-order valence-corrected chi connectivity index (χ0v) is 14.6. The van der Waals surface area contributed by atoms with Crippen molar-refractivity contribution in [3.05, 3.63) is 58.4 Å². The number of hydrogen-bond acceptors (Lipinski definition) is 3. The van der Waals surface area contributed by atoms with Gasteiger partial charge in [-0.25, -0.2) is 4.39 Å². The van der Waals surface area contributed by atoms with E-state index in [1.54, 1.807) is 6.07 Å². The van der Waals surface area contributed by atoms with Gasteiger partial charge in [0.05, 0.1) is 18.7 Å². The number of halogens is 1. The highest BCUT2D eigenvalue weighted by molar-refractivity contribution is 5.91. The summed E-state index contributed by atoms with van der Waals surface area (Å²) in [4.78, 5) is 12.1. The fourth-order valence-corrected chi connectivity index (χ4v) is 2.98. The van der Waals surface area contributed by atoms with Crippen molar-refractivity contribution in [3.63, 3.8) is 0 Å². The van der Waals surface area contributed by atoms with Crippen molar-refractivity contribution in [2.24, 2.45) is 0 Å². The molecule has 1 aliphatic rings. The molecule has 2 N–H and O–H groups in total. The number of carbonyl (C=O) groups is 1. The van der Waals surface area contributed by atoms with E-state index < -0.39 is 0 Å². The molecule has 0 aliphatic carbocycles. The molecule has 0 atom stereocenters. The Kier molecular flexibility index (Phi) is 5.34. The lowest BCUT2D eigenvalue weighted by Gasteiger charge is -2.19. The van der Waals surface area contributed by atoms with E-state index >= 15 is 0 Å². The van der Waals surface area contributed by atoms with Gasteiger partial charge in [0, 0.05) is 6.54 Å². The predicted molar refractivity (Wildman–Crippen MR) is 96.5 cm³/mol. The summed E-state index contributed by atoms with van der Waals surface area (Å²) in [7, 11) is 0. The highest BCUT2D eigenvalue weighted by atomic mass is 19.1. The average molecular weight is 342 g/mol. The standard InChI is InChI=1S/C20H23FN2O2/c1-13-4-3-5-18(14(13)2)25-11-9-19(24)23-17-7-6-15-12-22-10-8-16(15)20(17)21/h3-7,22H,8-12H2,1-2H3,(H,23,24). The van der Waals surface area contributed by atoms with Gasteiger partial charge in [-0.15, -0.1) is 0 Å². The second kappa shape index (κ2) is 7.66. The lowest BCUT2D eigenvalue weighted by Crippen LogP contribution is -2.25. The van der Waals surface area contributed by atoms with E-state index in [4.69, 9.17) is 4.74 Å². The maximum absolute atomic E-state index is 14.5. The van der Waals surface area contributed by atoms with Crippen molar-refractivity contribution in [2.45, 2.75) is 33.2 Å². The van der Waals surface area contributed by atoms with Crippen LogP contribution >= 0.6 is 0 Å². The minimum Gasteiger partial charge on any atom is -0.493 e. The Morgan fingerprint density at radius 1 is 1.28 bits per heavy atom.